The molecule has 0 amide bonds. The molecule has 2 heterocycles. The average Bonchev–Trinajstić information content (AvgIpc) is 2.84. The molecule has 1 saturated heterocycles. The Hall–Kier alpha value is -1.19. The van der Waals surface area contributed by atoms with Crippen LogP contribution in [0.3, 0.4) is 0 Å². The Morgan fingerprint density at radius 3 is 2.47 bits per heavy atom. The maximum Gasteiger partial charge on any atom is 0.304 e. The van der Waals surface area contributed by atoms with Crippen LogP contribution in [0.4, 0.5) is 10.7 Å². The van der Waals surface area contributed by atoms with Gasteiger partial charge in [0, 0.05) is 19.2 Å². The van der Waals surface area contributed by atoms with Crippen molar-refractivity contribution in [2.24, 2.45) is 0 Å². The molecule has 9 heteroatoms. The minimum Gasteiger partial charge on any atom is -0.385 e. The van der Waals surface area contributed by atoms with E-state index in [0.717, 1.165) is 30.2 Å². The number of anilines is 1. The number of nitrogens with two attached hydrogens (primary N) is 1. The summed E-state index contributed by atoms with van der Waals surface area (Å²) in [6, 6.07) is 1.04. The maximum absolute atomic E-state index is 12.1. The third-order valence-corrected chi connectivity index (χ3v) is 5.87. The second-order valence-corrected chi connectivity index (χ2v) is 6.93. The first-order valence-electron chi connectivity index (χ1n) is 4.97. The van der Waals surface area contributed by atoms with Crippen LogP contribution in [0.25, 0.3) is 0 Å². The van der Waals surface area contributed by atoms with Crippen molar-refractivity contribution in [2.75, 3.05) is 18.8 Å². The lowest BCUT2D eigenvalue weighted by atomic mass is 10.4. The zero-order valence-corrected chi connectivity index (χ0v) is 10.5. The minimum atomic E-state index is -3.61. The summed E-state index contributed by atoms with van der Waals surface area (Å²) in [5.74, 6) is 0. The second-order valence-electron chi connectivity index (χ2n) is 3.68. The van der Waals surface area contributed by atoms with Gasteiger partial charge in [0.05, 0.1) is 4.92 Å². The highest BCUT2D eigenvalue weighted by atomic mass is 32.2. The van der Waals surface area contributed by atoms with Gasteiger partial charge in [0.25, 0.3) is 10.0 Å². The highest BCUT2D eigenvalue weighted by Crippen LogP contribution is 2.36. The van der Waals surface area contributed by atoms with Crippen molar-refractivity contribution in [1.29, 1.82) is 0 Å². The van der Waals surface area contributed by atoms with Crippen molar-refractivity contribution in [3.8, 4) is 0 Å². The molecule has 1 aromatic heterocycles. The van der Waals surface area contributed by atoms with E-state index in [-0.39, 0.29) is 14.9 Å². The van der Waals surface area contributed by atoms with Gasteiger partial charge in [-0.25, -0.2) is 8.42 Å². The Bertz CT molecular complexity index is 545. The summed E-state index contributed by atoms with van der Waals surface area (Å²) < 4.78 is 25.4. The Labute approximate surface area is 102 Å². The molecular weight excluding hydrogens is 266 g/mol. The molecule has 2 N–H and O–H groups in total. The van der Waals surface area contributed by atoms with Gasteiger partial charge in [-0.05, 0) is 12.8 Å². The van der Waals surface area contributed by atoms with Crippen LogP contribution in [-0.4, -0.2) is 30.7 Å². The van der Waals surface area contributed by atoms with Crippen molar-refractivity contribution in [1.82, 2.24) is 4.31 Å². The van der Waals surface area contributed by atoms with Gasteiger partial charge in [-0.2, -0.15) is 4.31 Å². The lowest BCUT2D eigenvalue weighted by Gasteiger charge is -2.12. The van der Waals surface area contributed by atoms with Gasteiger partial charge in [0.2, 0.25) is 0 Å². The Balaban J connectivity index is 2.40. The summed E-state index contributed by atoms with van der Waals surface area (Å²) in [4.78, 5) is 9.94. The highest BCUT2D eigenvalue weighted by Gasteiger charge is 2.31. The van der Waals surface area contributed by atoms with E-state index in [1.165, 1.54) is 4.31 Å². The van der Waals surface area contributed by atoms with Gasteiger partial charge >= 0.3 is 5.69 Å². The van der Waals surface area contributed by atoms with E-state index in [2.05, 4.69) is 0 Å². The number of thiophene rings is 1. The molecule has 7 nitrogen and oxygen atoms in total. The van der Waals surface area contributed by atoms with E-state index in [1.54, 1.807) is 0 Å². The number of hydrogen-bond acceptors (Lipinski definition) is 6. The fourth-order valence-corrected chi connectivity index (χ4v) is 4.58. The predicted molar refractivity (Wildman–Crippen MR) is 63.4 cm³/mol. The molecule has 0 unspecified atom stereocenters. The Morgan fingerprint density at radius 2 is 2.00 bits per heavy atom. The zero-order valence-electron chi connectivity index (χ0n) is 8.83. The average molecular weight is 277 g/mol. The van der Waals surface area contributed by atoms with Gasteiger partial charge in [-0.15, -0.1) is 0 Å². The molecule has 1 fully saturated rings. The first-order valence-corrected chi connectivity index (χ1v) is 7.22. The van der Waals surface area contributed by atoms with Crippen LogP contribution < -0.4 is 5.73 Å². The summed E-state index contributed by atoms with van der Waals surface area (Å²) in [7, 11) is -3.61. The molecule has 17 heavy (non-hydrogen) atoms. The second kappa shape index (κ2) is 4.24. The molecular formula is C8H11N3O4S2. The first kappa shape index (κ1) is 12.3. The van der Waals surface area contributed by atoms with Crippen molar-refractivity contribution in [3.63, 3.8) is 0 Å². The zero-order chi connectivity index (χ0) is 12.6. The summed E-state index contributed by atoms with van der Waals surface area (Å²) in [5, 5.41) is 10.5. The monoisotopic (exact) mass is 277 g/mol. The first-order chi connectivity index (χ1) is 7.93. The Morgan fingerprint density at radius 1 is 1.41 bits per heavy atom. The molecule has 1 aliphatic rings. The topological polar surface area (TPSA) is 107 Å². The van der Waals surface area contributed by atoms with E-state index in [9.17, 15) is 18.5 Å². The maximum atomic E-state index is 12.1. The molecule has 0 aromatic carbocycles. The largest absolute Gasteiger partial charge is 0.385 e. The fourth-order valence-electron chi connectivity index (χ4n) is 1.70. The SMILES string of the molecule is Nc1sc(S(=O)(=O)N2CCCC2)cc1[N+](=O)[O-]. The van der Waals surface area contributed by atoms with Crippen LogP contribution in [-0.2, 0) is 10.0 Å². The third kappa shape index (κ3) is 2.13. The summed E-state index contributed by atoms with van der Waals surface area (Å²) in [5.41, 5.74) is 5.09. The molecule has 1 aromatic rings. The number of hydrogen-bond donors (Lipinski definition) is 1. The van der Waals surface area contributed by atoms with E-state index < -0.39 is 14.9 Å². The van der Waals surface area contributed by atoms with Crippen molar-refractivity contribution in [2.45, 2.75) is 17.1 Å². The molecule has 2 rings (SSSR count). The molecule has 0 spiro atoms. The van der Waals surface area contributed by atoms with Gasteiger partial charge in [0.1, 0.15) is 4.21 Å². The summed E-state index contributed by atoms with van der Waals surface area (Å²) in [6.45, 7) is 0.932. The molecule has 0 aliphatic carbocycles. The molecule has 0 atom stereocenters. The third-order valence-electron chi connectivity index (χ3n) is 2.57. The lowest BCUT2D eigenvalue weighted by Crippen LogP contribution is -2.27. The van der Waals surface area contributed by atoms with Gasteiger partial charge in [-0.3, -0.25) is 10.1 Å². The van der Waals surface area contributed by atoms with E-state index in [0.29, 0.717) is 13.1 Å². The molecule has 0 bridgehead atoms. The smallest absolute Gasteiger partial charge is 0.304 e. The highest BCUT2D eigenvalue weighted by molar-refractivity contribution is 7.91. The molecule has 0 saturated carbocycles. The Kier molecular flexibility index (Phi) is 3.06. The quantitative estimate of drug-likeness (QED) is 0.655. The van der Waals surface area contributed by atoms with Gasteiger partial charge in [-0.1, -0.05) is 11.3 Å². The lowest BCUT2D eigenvalue weighted by molar-refractivity contribution is -0.383. The number of nitrogen functional groups attached to an aromatic ring is 1. The predicted octanol–water partition coefficient (Wildman–Crippen LogP) is 1.02. The van der Waals surface area contributed by atoms with Crippen LogP contribution in [0.1, 0.15) is 12.8 Å². The van der Waals surface area contributed by atoms with Gasteiger partial charge < -0.3 is 5.73 Å². The molecule has 94 valence electrons. The normalized spacial score (nSPS) is 17.4. The fraction of sp³-hybridized carbons (Fsp3) is 0.500. The molecule has 1 aliphatic heterocycles. The molecule has 0 radical (unpaired) electrons. The summed E-state index contributed by atoms with van der Waals surface area (Å²) >= 11 is 0.743. The summed E-state index contributed by atoms with van der Waals surface area (Å²) in [6.07, 6.45) is 1.64. The van der Waals surface area contributed by atoms with Crippen LogP contribution >= 0.6 is 11.3 Å². The van der Waals surface area contributed by atoms with Crippen LogP contribution in [0.15, 0.2) is 10.3 Å². The van der Waals surface area contributed by atoms with Crippen LogP contribution in [0.5, 0.6) is 0 Å². The van der Waals surface area contributed by atoms with E-state index in [4.69, 9.17) is 5.73 Å². The number of sulfonamides is 1. The van der Waals surface area contributed by atoms with Gasteiger partial charge in [0.15, 0.2) is 5.00 Å². The van der Waals surface area contributed by atoms with Crippen molar-refractivity contribution in [3.05, 3.63) is 16.2 Å². The van der Waals surface area contributed by atoms with Crippen molar-refractivity contribution < 1.29 is 13.3 Å². The minimum absolute atomic E-state index is 0.0522. The van der Waals surface area contributed by atoms with E-state index >= 15 is 0 Å². The number of rotatable bonds is 3. The van der Waals surface area contributed by atoms with Crippen molar-refractivity contribution >= 4 is 32.0 Å². The standard InChI is InChI=1S/C8H11N3O4S2/c9-8-6(11(12)13)5-7(16-8)17(14,15)10-3-1-2-4-10/h5H,1-4,9H2. The number of nitro groups is 1. The van der Waals surface area contributed by atoms with E-state index in [1.807, 2.05) is 0 Å². The van der Waals surface area contributed by atoms with Crippen LogP contribution in [0.2, 0.25) is 0 Å². The number of nitrogens with zero attached hydrogens (tertiary/aromatic N) is 2. The van der Waals surface area contributed by atoms with Crippen LogP contribution in [0, 0.1) is 10.1 Å².